The highest BCUT2D eigenvalue weighted by Gasteiger charge is 2.25. The van der Waals surface area contributed by atoms with Crippen molar-refractivity contribution in [1.29, 1.82) is 10.5 Å². The third-order valence-electron chi connectivity index (χ3n) is 4.38. The van der Waals surface area contributed by atoms with Crippen molar-refractivity contribution in [3.05, 3.63) is 39.9 Å². The summed E-state index contributed by atoms with van der Waals surface area (Å²) in [4.78, 5) is 41.6. The van der Waals surface area contributed by atoms with E-state index >= 15 is 0 Å². The molecule has 0 aliphatic heterocycles. The van der Waals surface area contributed by atoms with Gasteiger partial charge in [-0.2, -0.15) is 10.5 Å². The molecule has 4 rings (SSSR count). The molecule has 0 bridgehead atoms. The lowest BCUT2D eigenvalue weighted by Gasteiger charge is -2.09. The zero-order valence-electron chi connectivity index (χ0n) is 15.8. The average molecular weight is 395 g/mol. The van der Waals surface area contributed by atoms with Gasteiger partial charge in [-0.15, -0.1) is 4.98 Å². The van der Waals surface area contributed by atoms with Crippen LogP contribution in [0.25, 0.3) is 37.9 Å². The molecule has 0 amide bonds. The fraction of sp³-hybridized carbons (Fsp3) is 0.158. The molecule has 11 heteroatoms. The molecule has 0 radical (unpaired) electrons. The van der Waals surface area contributed by atoms with E-state index in [0.717, 1.165) is 7.11 Å². The summed E-state index contributed by atoms with van der Waals surface area (Å²) < 4.78 is 4.70. The molecule has 0 spiro atoms. The molecule has 142 valence electrons. The van der Waals surface area contributed by atoms with Crippen molar-refractivity contribution in [2.45, 2.75) is 13.8 Å². The number of aromatic nitrogens is 6. The second kappa shape index (κ2) is 6.66. The number of fused-ring (bicyclic) bond motifs is 6. The van der Waals surface area contributed by atoms with Crippen LogP contribution in [0.15, 0.2) is 0 Å². The molecule has 0 saturated heterocycles. The van der Waals surface area contributed by atoms with Gasteiger partial charge >= 0.3 is 5.97 Å². The highest BCUT2D eigenvalue weighted by molar-refractivity contribution is 6.18. The van der Waals surface area contributed by atoms with Gasteiger partial charge < -0.3 is 9.58 Å². The van der Waals surface area contributed by atoms with E-state index in [1.165, 1.54) is 0 Å². The van der Waals surface area contributed by atoms with Crippen LogP contribution in [0.1, 0.15) is 33.3 Å². The Morgan fingerprint density at radius 2 is 1.33 bits per heavy atom. The predicted octanol–water partition coefficient (Wildman–Crippen LogP) is 2.21. The minimum absolute atomic E-state index is 0.0550. The molecule has 0 aliphatic rings. The van der Waals surface area contributed by atoms with Gasteiger partial charge in [0, 0.05) is 0 Å². The molecule has 3 aromatic heterocycles. The van der Waals surface area contributed by atoms with Gasteiger partial charge in [-0.1, -0.05) is 6.57 Å². The molecule has 30 heavy (non-hydrogen) atoms. The van der Waals surface area contributed by atoms with Crippen LogP contribution in [0.3, 0.4) is 0 Å². The van der Waals surface area contributed by atoms with Crippen LogP contribution in [0.2, 0.25) is 0 Å². The Labute approximate surface area is 168 Å². The molecule has 0 aliphatic carbocycles. The highest BCUT2D eigenvalue weighted by atomic mass is 16.5. The van der Waals surface area contributed by atoms with Crippen molar-refractivity contribution in [3.8, 4) is 12.1 Å². The van der Waals surface area contributed by atoms with Gasteiger partial charge in [0.05, 0.1) is 18.5 Å². The van der Waals surface area contributed by atoms with Crippen molar-refractivity contribution in [2.24, 2.45) is 0 Å². The summed E-state index contributed by atoms with van der Waals surface area (Å²) in [6.45, 7) is 10.6. The van der Waals surface area contributed by atoms with Crippen molar-refractivity contribution >= 4 is 44.9 Å². The third-order valence-corrected chi connectivity index (χ3v) is 4.38. The Hall–Kier alpha value is -4.82. The number of benzene rings is 1. The first-order valence-corrected chi connectivity index (χ1v) is 8.39. The van der Waals surface area contributed by atoms with Gasteiger partial charge in [-0.3, -0.25) is 4.98 Å². The summed E-state index contributed by atoms with van der Waals surface area (Å²) >= 11 is 0. The normalized spacial score (nSPS) is 10.5. The maximum absolute atomic E-state index is 12.1. The number of ether oxygens (including phenoxy) is 1. The number of nitrogens with zero attached hydrogens (tertiary/aromatic N) is 9. The molecular formula is C19H9N9O2. The minimum Gasteiger partial charge on any atom is -0.464 e. The van der Waals surface area contributed by atoms with Crippen LogP contribution in [0.4, 0.5) is 5.82 Å². The number of hydrogen-bond donors (Lipinski definition) is 0. The van der Waals surface area contributed by atoms with E-state index in [4.69, 9.17) is 11.3 Å². The first-order chi connectivity index (χ1) is 14.4. The van der Waals surface area contributed by atoms with Crippen LogP contribution in [0.5, 0.6) is 0 Å². The van der Waals surface area contributed by atoms with Gasteiger partial charge in [0.25, 0.3) is 5.82 Å². The van der Waals surface area contributed by atoms with Crippen LogP contribution in [0, 0.1) is 43.1 Å². The summed E-state index contributed by atoms with van der Waals surface area (Å²) in [5, 5.41) is 18.8. The van der Waals surface area contributed by atoms with E-state index in [-0.39, 0.29) is 56.0 Å². The first-order valence-electron chi connectivity index (χ1n) is 8.39. The standard InChI is InChI=1S/C19H9N9O2/c1-7-9(5-20)25-14-12(23-7)17-13(24-8(2)18(22-3)28-17)15-16(14)27-11(19(29)30-4)10(6-21)26-15/h1-2,4H3. The fourth-order valence-electron chi connectivity index (χ4n) is 2.98. The Balaban J connectivity index is 2.36. The number of methoxy groups -OCH3 is 1. The molecule has 3 heterocycles. The molecule has 0 atom stereocenters. The maximum Gasteiger partial charge on any atom is 0.359 e. The maximum atomic E-state index is 12.1. The van der Waals surface area contributed by atoms with Crippen LogP contribution in [-0.2, 0) is 4.74 Å². The lowest BCUT2D eigenvalue weighted by molar-refractivity contribution is 0.0593. The number of rotatable bonds is 1. The van der Waals surface area contributed by atoms with Crippen molar-refractivity contribution in [1.82, 2.24) is 29.9 Å². The summed E-state index contributed by atoms with van der Waals surface area (Å²) in [6.07, 6.45) is 0. The Bertz CT molecular complexity index is 1520. The Morgan fingerprint density at radius 3 is 1.90 bits per heavy atom. The van der Waals surface area contributed by atoms with E-state index < -0.39 is 5.97 Å². The Morgan fingerprint density at radius 1 is 0.833 bits per heavy atom. The van der Waals surface area contributed by atoms with E-state index in [0.29, 0.717) is 11.4 Å². The smallest absolute Gasteiger partial charge is 0.359 e. The van der Waals surface area contributed by atoms with Crippen molar-refractivity contribution in [2.75, 3.05) is 7.11 Å². The summed E-state index contributed by atoms with van der Waals surface area (Å²) in [6, 6.07) is 3.78. The van der Waals surface area contributed by atoms with Crippen LogP contribution >= 0.6 is 0 Å². The van der Waals surface area contributed by atoms with Crippen LogP contribution in [-0.4, -0.2) is 43.0 Å². The fourth-order valence-corrected chi connectivity index (χ4v) is 2.98. The molecule has 11 nitrogen and oxygen atoms in total. The molecule has 0 unspecified atom stereocenters. The first kappa shape index (κ1) is 18.5. The number of aryl methyl sites for hydroxylation is 2. The van der Waals surface area contributed by atoms with E-state index in [1.54, 1.807) is 13.8 Å². The van der Waals surface area contributed by atoms with Gasteiger partial charge in [-0.05, 0) is 13.8 Å². The topological polar surface area (TPSA) is 156 Å². The molecule has 0 N–H and O–H groups in total. The third kappa shape index (κ3) is 2.53. The molecule has 4 aromatic rings. The number of esters is 1. The van der Waals surface area contributed by atoms with E-state index in [2.05, 4.69) is 34.7 Å². The lowest BCUT2D eigenvalue weighted by atomic mass is 10.1. The average Bonchev–Trinajstić information content (AvgIpc) is 2.77. The number of carbonyl (C=O) groups is 1. The minimum atomic E-state index is -0.847. The summed E-state index contributed by atoms with van der Waals surface area (Å²) in [7, 11) is 1.16. The summed E-state index contributed by atoms with van der Waals surface area (Å²) in [5.41, 5.74) is 1.36. The molecule has 1 aromatic carbocycles. The zero-order valence-corrected chi connectivity index (χ0v) is 15.8. The van der Waals surface area contributed by atoms with Gasteiger partial charge in [0.15, 0.2) is 17.1 Å². The number of nitriles is 2. The lowest BCUT2D eigenvalue weighted by Crippen LogP contribution is -2.11. The van der Waals surface area contributed by atoms with Crippen LogP contribution < -0.4 is 0 Å². The van der Waals surface area contributed by atoms with E-state index in [9.17, 15) is 15.3 Å². The molecule has 0 saturated carbocycles. The second-order valence-electron chi connectivity index (χ2n) is 6.13. The number of hydrogen-bond acceptors (Lipinski definition) is 10. The van der Waals surface area contributed by atoms with E-state index in [1.807, 2.05) is 12.1 Å². The predicted molar refractivity (Wildman–Crippen MR) is 102 cm³/mol. The highest BCUT2D eigenvalue weighted by Crippen LogP contribution is 2.32. The quantitative estimate of drug-likeness (QED) is 0.266. The zero-order chi connectivity index (χ0) is 21.6. The van der Waals surface area contributed by atoms with Gasteiger partial charge in [0.1, 0.15) is 39.7 Å². The summed E-state index contributed by atoms with van der Waals surface area (Å²) in [5.74, 6) is -0.771. The van der Waals surface area contributed by atoms with Gasteiger partial charge in [0.2, 0.25) is 5.52 Å². The second-order valence-corrected chi connectivity index (χ2v) is 6.13. The SMILES string of the molecule is [C-]#[N+]c1nc2c3nc(C)c(C#N)nc3c3nc(C(=O)OC)c(C#N)nc3c2nc1C. The van der Waals surface area contributed by atoms with Crippen molar-refractivity contribution < 1.29 is 9.53 Å². The Kier molecular flexibility index (Phi) is 4.11. The largest absolute Gasteiger partial charge is 0.464 e. The van der Waals surface area contributed by atoms with Gasteiger partial charge in [-0.25, -0.2) is 24.7 Å². The molecule has 0 fully saturated rings. The molecular weight excluding hydrogens is 386 g/mol. The number of carbonyl (C=O) groups excluding carboxylic acids is 1. The van der Waals surface area contributed by atoms with Crippen molar-refractivity contribution in [3.63, 3.8) is 0 Å². The monoisotopic (exact) mass is 395 g/mol.